The Kier molecular flexibility index (Phi) is 7.40. The largest absolute Gasteiger partial charge is 0.489 e. The van der Waals surface area contributed by atoms with Crippen molar-refractivity contribution in [3.63, 3.8) is 0 Å². The zero-order valence-electron chi connectivity index (χ0n) is 23.2. The van der Waals surface area contributed by atoms with Crippen LogP contribution in [0.15, 0.2) is 30.6 Å². The van der Waals surface area contributed by atoms with E-state index in [0.717, 1.165) is 42.4 Å². The van der Waals surface area contributed by atoms with E-state index in [1.54, 1.807) is 0 Å². The van der Waals surface area contributed by atoms with Gasteiger partial charge in [-0.3, -0.25) is 4.98 Å². The molecular formula is C27H39N9O. The zero-order chi connectivity index (χ0) is 26.9. The van der Waals surface area contributed by atoms with Crippen molar-refractivity contribution in [2.75, 3.05) is 61.6 Å². The Balaban J connectivity index is 1.64. The molecule has 3 N–H and O–H groups in total. The lowest BCUT2D eigenvalue weighted by Crippen LogP contribution is -2.29. The fourth-order valence-electron chi connectivity index (χ4n) is 4.43. The number of nitrogen functional groups attached to an aromatic ring is 1. The van der Waals surface area contributed by atoms with Crippen molar-refractivity contribution in [1.82, 2.24) is 24.8 Å². The first-order valence-electron chi connectivity index (χ1n) is 12.6. The molecular weight excluding hydrogens is 466 g/mol. The molecule has 37 heavy (non-hydrogen) atoms. The number of benzene rings is 1. The fraction of sp³-hybridized carbons (Fsp3) is 0.481. The summed E-state index contributed by atoms with van der Waals surface area (Å²) >= 11 is 0. The van der Waals surface area contributed by atoms with E-state index in [0.29, 0.717) is 29.0 Å². The van der Waals surface area contributed by atoms with E-state index < -0.39 is 0 Å². The summed E-state index contributed by atoms with van der Waals surface area (Å²) in [5, 5.41) is 3.32. The Morgan fingerprint density at radius 2 is 1.86 bits per heavy atom. The predicted molar refractivity (Wildman–Crippen MR) is 151 cm³/mol. The van der Waals surface area contributed by atoms with Gasteiger partial charge < -0.3 is 30.5 Å². The average Bonchev–Trinajstić information content (AvgIpc) is 3.09. The van der Waals surface area contributed by atoms with E-state index in [1.165, 1.54) is 6.33 Å². The Labute approximate surface area is 219 Å². The first-order valence-corrected chi connectivity index (χ1v) is 12.6. The molecule has 0 spiro atoms. The number of fused-ring (bicyclic) bond motifs is 1. The number of nitrogens with two attached hydrogens (primary N) is 1. The van der Waals surface area contributed by atoms with Gasteiger partial charge >= 0.3 is 0 Å². The third-order valence-electron chi connectivity index (χ3n) is 6.33. The Bertz CT molecular complexity index is 1260. The maximum absolute atomic E-state index is 6.49. The lowest BCUT2D eigenvalue weighted by molar-refractivity contribution is 0.244. The highest BCUT2D eigenvalue weighted by molar-refractivity contribution is 5.79. The first kappa shape index (κ1) is 26.4. The molecule has 0 amide bonds. The molecule has 4 rings (SSSR count). The van der Waals surface area contributed by atoms with E-state index in [9.17, 15) is 0 Å². The van der Waals surface area contributed by atoms with Gasteiger partial charge in [0.2, 0.25) is 11.9 Å². The molecule has 0 unspecified atom stereocenters. The van der Waals surface area contributed by atoms with Crippen LogP contribution in [0.1, 0.15) is 39.1 Å². The molecule has 10 heteroatoms. The molecule has 0 radical (unpaired) electrons. The van der Waals surface area contributed by atoms with Crippen LogP contribution in [0.2, 0.25) is 0 Å². The lowest BCUT2D eigenvalue weighted by Gasteiger charge is -2.25. The number of pyridine rings is 1. The second kappa shape index (κ2) is 10.4. The Morgan fingerprint density at radius 3 is 2.57 bits per heavy atom. The first-order chi connectivity index (χ1) is 17.4. The molecule has 3 heterocycles. The smallest absolute Gasteiger partial charge is 0.234 e. The molecule has 2 aromatic heterocycles. The number of aryl methyl sites for hydroxylation is 1. The maximum Gasteiger partial charge on any atom is 0.234 e. The van der Waals surface area contributed by atoms with Gasteiger partial charge in [-0.05, 0) is 53.1 Å². The molecule has 198 valence electrons. The van der Waals surface area contributed by atoms with Gasteiger partial charge in [-0.15, -0.1) is 0 Å². The highest BCUT2D eigenvalue weighted by atomic mass is 16.5. The molecule has 10 nitrogen and oxygen atoms in total. The quantitative estimate of drug-likeness (QED) is 0.412. The van der Waals surface area contributed by atoms with Crippen molar-refractivity contribution in [3.05, 3.63) is 42.0 Å². The Hall–Kier alpha value is -3.66. The van der Waals surface area contributed by atoms with Gasteiger partial charge in [0.05, 0.1) is 34.5 Å². The van der Waals surface area contributed by atoms with E-state index in [1.807, 2.05) is 46.0 Å². The summed E-state index contributed by atoms with van der Waals surface area (Å²) in [7, 11) is 6.14. The van der Waals surface area contributed by atoms with Crippen molar-refractivity contribution < 1.29 is 4.74 Å². The molecule has 0 saturated carbocycles. The van der Waals surface area contributed by atoms with Gasteiger partial charge in [-0.1, -0.05) is 13.8 Å². The number of nitrogens with one attached hydrogen (secondary N) is 1. The number of ether oxygens (including phenoxy) is 1. The van der Waals surface area contributed by atoms with E-state index >= 15 is 0 Å². The van der Waals surface area contributed by atoms with Crippen molar-refractivity contribution >= 4 is 34.6 Å². The van der Waals surface area contributed by atoms with Gasteiger partial charge in [0, 0.05) is 43.9 Å². The highest BCUT2D eigenvalue weighted by Crippen LogP contribution is 2.42. The van der Waals surface area contributed by atoms with Crippen molar-refractivity contribution in [2.24, 2.45) is 0 Å². The van der Waals surface area contributed by atoms with Crippen LogP contribution in [0.5, 0.6) is 5.75 Å². The van der Waals surface area contributed by atoms with Crippen LogP contribution in [0.4, 0.5) is 34.6 Å². The summed E-state index contributed by atoms with van der Waals surface area (Å²) in [5.41, 5.74) is 11.7. The third kappa shape index (κ3) is 5.85. The van der Waals surface area contributed by atoms with Crippen LogP contribution in [0.25, 0.3) is 0 Å². The van der Waals surface area contributed by atoms with E-state index in [2.05, 4.69) is 64.0 Å². The topological polar surface area (TPSA) is 109 Å². The monoisotopic (exact) mass is 505 g/mol. The highest BCUT2D eigenvalue weighted by Gasteiger charge is 2.38. The maximum atomic E-state index is 6.49. The normalized spacial score (nSPS) is 14.3. The van der Waals surface area contributed by atoms with Crippen LogP contribution >= 0.6 is 0 Å². The minimum Gasteiger partial charge on any atom is -0.489 e. The summed E-state index contributed by atoms with van der Waals surface area (Å²) in [6.45, 7) is 12.9. The number of likely N-dealkylation sites (N-methyl/N-ethyl adjacent to an activating group) is 2. The molecule has 0 bridgehead atoms. The summed E-state index contributed by atoms with van der Waals surface area (Å²) in [6, 6.07) is 7.96. The standard InChI is InChI=1S/C27H39N9O/c1-17(2)37-23-14-22(35(8)12-11-34(6)7)19(28)13-20(23)32-25-29-16-30-26(33-25)36-15-27(4,5)24-21(36)10-9-18(3)31-24/h9-10,13-14,16-17H,11-12,15,28H2,1-8H3,(H,29,30,32,33). The lowest BCUT2D eigenvalue weighted by atomic mass is 9.91. The molecule has 1 aliphatic rings. The van der Waals surface area contributed by atoms with Crippen molar-refractivity contribution in [3.8, 4) is 5.75 Å². The van der Waals surface area contributed by atoms with Crippen LogP contribution in [-0.4, -0.2) is 71.7 Å². The summed E-state index contributed by atoms with van der Waals surface area (Å²) in [5.74, 6) is 1.66. The summed E-state index contributed by atoms with van der Waals surface area (Å²) in [4.78, 5) is 24.8. The molecule has 1 aromatic carbocycles. The molecule has 0 aliphatic carbocycles. The van der Waals surface area contributed by atoms with Crippen LogP contribution in [0, 0.1) is 6.92 Å². The van der Waals surface area contributed by atoms with Gasteiger partial charge in [0.1, 0.15) is 12.1 Å². The second-order valence-electron chi connectivity index (χ2n) is 10.8. The summed E-state index contributed by atoms with van der Waals surface area (Å²) < 4.78 is 6.16. The number of nitrogens with zero attached hydrogens (tertiary/aromatic N) is 7. The van der Waals surface area contributed by atoms with Crippen LogP contribution in [0.3, 0.4) is 0 Å². The zero-order valence-corrected chi connectivity index (χ0v) is 23.2. The fourth-order valence-corrected chi connectivity index (χ4v) is 4.43. The summed E-state index contributed by atoms with van der Waals surface area (Å²) in [6.07, 6.45) is 1.50. The Morgan fingerprint density at radius 1 is 1.11 bits per heavy atom. The molecule has 3 aromatic rings. The van der Waals surface area contributed by atoms with Crippen LogP contribution in [-0.2, 0) is 5.41 Å². The van der Waals surface area contributed by atoms with E-state index in [4.69, 9.17) is 20.4 Å². The molecule has 0 saturated heterocycles. The van der Waals surface area contributed by atoms with Gasteiger partial charge in [-0.2, -0.15) is 4.98 Å². The minimum atomic E-state index is -0.122. The number of rotatable bonds is 9. The number of hydrogen-bond acceptors (Lipinski definition) is 10. The second-order valence-corrected chi connectivity index (χ2v) is 10.8. The number of hydrogen-bond donors (Lipinski definition) is 2. The van der Waals surface area contributed by atoms with Gasteiger partial charge in [-0.25, -0.2) is 9.97 Å². The van der Waals surface area contributed by atoms with Crippen molar-refractivity contribution in [2.45, 2.75) is 46.1 Å². The predicted octanol–water partition coefficient (Wildman–Crippen LogP) is 4.12. The van der Waals surface area contributed by atoms with Crippen LogP contribution < -0.4 is 25.6 Å². The van der Waals surface area contributed by atoms with Crippen molar-refractivity contribution in [1.29, 1.82) is 0 Å². The molecule has 0 fully saturated rings. The minimum absolute atomic E-state index is 0.0164. The SMILES string of the molecule is Cc1ccc2c(n1)C(C)(C)CN2c1ncnc(Nc2cc(N)c(N(C)CCN(C)C)cc2OC(C)C)n1. The average molecular weight is 506 g/mol. The number of aromatic nitrogens is 4. The molecule has 1 aliphatic heterocycles. The van der Waals surface area contributed by atoms with Gasteiger partial charge in [0.25, 0.3) is 0 Å². The molecule has 0 atom stereocenters. The van der Waals surface area contributed by atoms with E-state index in [-0.39, 0.29) is 11.5 Å². The van der Waals surface area contributed by atoms with Gasteiger partial charge in [0.15, 0.2) is 0 Å². The number of anilines is 6. The third-order valence-corrected chi connectivity index (χ3v) is 6.33.